The molecule has 3 aromatic rings. The molecule has 0 saturated heterocycles. The summed E-state index contributed by atoms with van der Waals surface area (Å²) in [5.74, 6) is 1.85. The van der Waals surface area contributed by atoms with Crippen LogP contribution in [-0.2, 0) is 19.4 Å². The Labute approximate surface area is 137 Å². The topological polar surface area (TPSA) is 17.8 Å². The molecule has 1 unspecified atom stereocenters. The molecule has 4 rings (SSSR count). The molecule has 116 valence electrons. The number of imidazole rings is 1. The molecule has 0 radical (unpaired) electrons. The van der Waals surface area contributed by atoms with Crippen molar-refractivity contribution in [2.75, 3.05) is 0 Å². The third kappa shape index (κ3) is 2.59. The molecule has 0 fully saturated rings. The molecule has 2 heteroatoms. The van der Waals surface area contributed by atoms with Crippen LogP contribution in [0.25, 0.3) is 11.3 Å². The summed E-state index contributed by atoms with van der Waals surface area (Å²) in [6, 6.07) is 21.6. The molecular weight excluding hydrogens is 280 g/mol. The Kier molecular flexibility index (Phi) is 3.74. The third-order valence-electron chi connectivity index (χ3n) is 4.89. The lowest BCUT2D eigenvalue weighted by molar-refractivity contribution is 0.459. The van der Waals surface area contributed by atoms with E-state index in [4.69, 9.17) is 4.98 Å². The Balaban J connectivity index is 1.77. The van der Waals surface area contributed by atoms with Gasteiger partial charge in [0.1, 0.15) is 5.82 Å². The lowest BCUT2D eigenvalue weighted by Crippen LogP contribution is -2.19. The largest absolute Gasteiger partial charge is 0.327 e. The van der Waals surface area contributed by atoms with E-state index in [1.165, 1.54) is 34.8 Å². The summed E-state index contributed by atoms with van der Waals surface area (Å²) in [7, 11) is 0. The smallest absolute Gasteiger partial charge is 0.109 e. The first kappa shape index (κ1) is 14.3. The van der Waals surface area contributed by atoms with Crippen LogP contribution in [0.4, 0.5) is 0 Å². The predicted octanol–water partition coefficient (Wildman–Crippen LogP) is 4.84. The first-order valence-electron chi connectivity index (χ1n) is 8.55. The van der Waals surface area contributed by atoms with Crippen molar-refractivity contribution in [3.05, 3.63) is 77.7 Å². The molecule has 0 N–H and O–H groups in total. The predicted molar refractivity (Wildman–Crippen MR) is 94.5 cm³/mol. The van der Waals surface area contributed by atoms with Gasteiger partial charge in [0.2, 0.25) is 0 Å². The number of aromatic nitrogens is 2. The second kappa shape index (κ2) is 6.04. The molecule has 2 heterocycles. The third-order valence-corrected chi connectivity index (χ3v) is 4.89. The normalized spacial score (nSPS) is 17.0. The summed E-state index contributed by atoms with van der Waals surface area (Å²) < 4.78 is 2.47. The van der Waals surface area contributed by atoms with Crippen LogP contribution >= 0.6 is 0 Å². The summed E-state index contributed by atoms with van der Waals surface area (Å²) in [6.45, 7) is 3.24. The molecule has 23 heavy (non-hydrogen) atoms. The highest BCUT2D eigenvalue weighted by Crippen LogP contribution is 2.34. The minimum atomic E-state index is 0.588. The van der Waals surface area contributed by atoms with Crippen molar-refractivity contribution in [3.63, 3.8) is 0 Å². The van der Waals surface area contributed by atoms with Crippen molar-refractivity contribution in [1.29, 1.82) is 0 Å². The summed E-state index contributed by atoms with van der Waals surface area (Å²) >= 11 is 0. The maximum absolute atomic E-state index is 4.94. The Hall–Kier alpha value is -2.35. The van der Waals surface area contributed by atoms with Gasteiger partial charge in [0, 0.05) is 24.4 Å². The van der Waals surface area contributed by atoms with Gasteiger partial charge in [-0.25, -0.2) is 4.98 Å². The van der Waals surface area contributed by atoms with E-state index >= 15 is 0 Å². The molecule has 1 atom stereocenters. The molecule has 0 saturated carbocycles. The molecule has 1 aromatic heterocycles. The van der Waals surface area contributed by atoms with Crippen LogP contribution in [0.2, 0.25) is 0 Å². The molecule has 0 amide bonds. The fourth-order valence-electron chi connectivity index (χ4n) is 3.72. The Morgan fingerprint density at radius 2 is 1.70 bits per heavy atom. The first-order valence-corrected chi connectivity index (χ1v) is 8.55. The lowest BCUT2D eigenvalue weighted by atomic mass is 9.91. The number of aryl methyl sites for hydroxylation is 2. The van der Waals surface area contributed by atoms with Crippen molar-refractivity contribution in [2.45, 2.75) is 38.6 Å². The zero-order valence-corrected chi connectivity index (χ0v) is 13.6. The van der Waals surface area contributed by atoms with Crippen molar-refractivity contribution >= 4 is 0 Å². The zero-order valence-electron chi connectivity index (χ0n) is 13.6. The average molecular weight is 302 g/mol. The summed E-state index contributed by atoms with van der Waals surface area (Å²) in [6.07, 6.45) is 3.25. The monoisotopic (exact) mass is 302 g/mol. The van der Waals surface area contributed by atoms with Crippen LogP contribution in [0.3, 0.4) is 0 Å². The zero-order chi connectivity index (χ0) is 15.6. The quantitative estimate of drug-likeness (QED) is 0.676. The van der Waals surface area contributed by atoms with Gasteiger partial charge in [-0.15, -0.1) is 0 Å². The van der Waals surface area contributed by atoms with Gasteiger partial charge in [-0.05, 0) is 18.4 Å². The van der Waals surface area contributed by atoms with E-state index in [0.29, 0.717) is 5.92 Å². The fourth-order valence-corrected chi connectivity index (χ4v) is 3.72. The van der Waals surface area contributed by atoms with Gasteiger partial charge >= 0.3 is 0 Å². The highest BCUT2D eigenvalue weighted by atomic mass is 15.1. The second-order valence-corrected chi connectivity index (χ2v) is 6.30. The SMILES string of the molecule is CCc1nc2n(c1-c1ccccc1)CC(c1ccccc1)CC2. The van der Waals surface area contributed by atoms with Crippen molar-refractivity contribution in [2.24, 2.45) is 0 Å². The van der Waals surface area contributed by atoms with E-state index in [9.17, 15) is 0 Å². The summed E-state index contributed by atoms with van der Waals surface area (Å²) in [4.78, 5) is 4.94. The second-order valence-electron chi connectivity index (χ2n) is 6.30. The van der Waals surface area contributed by atoms with Crippen molar-refractivity contribution in [1.82, 2.24) is 9.55 Å². The van der Waals surface area contributed by atoms with Crippen LogP contribution in [0.1, 0.15) is 36.3 Å². The standard InChI is InChI=1S/C21H22N2/c1-2-19-21(17-11-7-4-8-12-17)23-15-18(13-14-20(23)22-19)16-9-5-3-6-10-16/h3-12,18H,2,13-15H2,1H3. The lowest BCUT2D eigenvalue weighted by Gasteiger charge is -2.26. The molecule has 0 aliphatic carbocycles. The summed E-state index contributed by atoms with van der Waals surface area (Å²) in [5.41, 5.74) is 5.30. The molecule has 1 aliphatic heterocycles. The van der Waals surface area contributed by atoms with E-state index in [-0.39, 0.29) is 0 Å². The van der Waals surface area contributed by atoms with Gasteiger partial charge in [0.15, 0.2) is 0 Å². The number of hydrogen-bond acceptors (Lipinski definition) is 1. The fraction of sp³-hybridized carbons (Fsp3) is 0.286. The number of nitrogens with zero attached hydrogens (tertiary/aromatic N) is 2. The molecule has 2 nitrogen and oxygen atoms in total. The van der Waals surface area contributed by atoms with Crippen molar-refractivity contribution < 1.29 is 0 Å². The van der Waals surface area contributed by atoms with Crippen molar-refractivity contribution in [3.8, 4) is 11.3 Å². The molecular formula is C21H22N2. The van der Waals surface area contributed by atoms with E-state index < -0.39 is 0 Å². The minimum absolute atomic E-state index is 0.588. The van der Waals surface area contributed by atoms with Crippen LogP contribution in [0.15, 0.2) is 60.7 Å². The number of rotatable bonds is 3. The number of fused-ring (bicyclic) bond motifs is 1. The van der Waals surface area contributed by atoms with Crippen LogP contribution in [0.5, 0.6) is 0 Å². The maximum atomic E-state index is 4.94. The van der Waals surface area contributed by atoms with Gasteiger partial charge in [0.25, 0.3) is 0 Å². The highest BCUT2D eigenvalue weighted by molar-refractivity contribution is 5.63. The minimum Gasteiger partial charge on any atom is -0.327 e. The molecule has 2 aromatic carbocycles. The van der Waals surface area contributed by atoms with E-state index in [0.717, 1.165) is 19.4 Å². The highest BCUT2D eigenvalue weighted by Gasteiger charge is 2.25. The van der Waals surface area contributed by atoms with Gasteiger partial charge in [-0.1, -0.05) is 67.6 Å². The maximum Gasteiger partial charge on any atom is 0.109 e. The number of hydrogen-bond donors (Lipinski definition) is 0. The summed E-state index contributed by atoms with van der Waals surface area (Å²) in [5, 5.41) is 0. The first-order chi connectivity index (χ1) is 11.4. The molecule has 1 aliphatic rings. The Morgan fingerprint density at radius 1 is 1.00 bits per heavy atom. The van der Waals surface area contributed by atoms with Crippen LogP contribution in [-0.4, -0.2) is 9.55 Å². The van der Waals surface area contributed by atoms with Gasteiger partial charge in [-0.3, -0.25) is 0 Å². The number of benzene rings is 2. The van der Waals surface area contributed by atoms with Gasteiger partial charge < -0.3 is 4.57 Å². The van der Waals surface area contributed by atoms with E-state index in [1.54, 1.807) is 0 Å². The van der Waals surface area contributed by atoms with Gasteiger partial charge in [0.05, 0.1) is 11.4 Å². The van der Waals surface area contributed by atoms with Crippen LogP contribution in [0, 0.1) is 0 Å². The molecule has 0 bridgehead atoms. The van der Waals surface area contributed by atoms with Crippen LogP contribution < -0.4 is 0 Å². The Morgan fingerprint density at radius 3 is 2.39 bits per heavy atom. The molecule has 0 spiro atoms. The van der Waals surface area contributed by atoms with E-state index in [2.05, 4.69) is 72.2 Å². The van der Waals surface area contributed by atoms with E-state index in [1.807, 2.05) is 0 Å². The van der Waals surface area contributed by atoms with Gasteiger partial charge in [-0.2, -0.15) is 0 Å². The Bertz CT molecular complexity index is 787. The average Bonchev–Trinajstić information content (AvgIpc) is 3.01.